The molecule has 0 spiro atoms. The van der Waals surface area contributed by atoms with Crippen LogP contribution >= 0.6 is 11.6 Å². The molecule has 0 fully saturated rings. The number of benzene rings is 1. The van der Waals surface area contributed by atoms with Crippen molar-refractivity contribution in [3.05, 3.63) is 29.8 Å². The Hall–Kier alpha value is -0.910. The van der Waals surface area contributed by atoms with E-state index in [2.05, 4.69) is 4.72 Å². The molecule has 0 saturated heterocycles. The summed E-state index contributed by atoms with van der Waals surface area (Å²) >= 11 is 5.55. The molecule has 1 aromatic carbocycles. The Kier molecular flexibility index (Phi) is 4.68. The van der Waals surface area contributed by atoms with Gasteiger partial charge in [0.15, 0.2) is 5.78 Å². The van der Waals surface area contributed by atoms with Gasteiger partial charge in [-0.2, -0.15) is 0 Å². The lowest BCUT2D eigenvalue weighted by Crippen LogP contribution is -2.33. The maximum atomic E-state index is 11.9. The van der Waals surface area contributed by atoms with Crippen molar-refractivity contribution in [1.82, 2.24) is 4.72 Å². The fourth-order valence-electron chi connectivity index (χ4n) is 1.25. The SMILES string of the molecule is CC(=O)c1cccc(S(=O)(=O)NC(C)CCl)c1. The molecule has 0 aliphatic carbocycles. The lowest BCUT2D eigenvalue weighted by atomic mass is 10.2. The number of ketones is 1. The molecule has 0 radical (unpaired) electrons. The average Bonchev–Trinajstić information content (AvgIpc) is 2.28. The van der Waals surface area contributed by atoms with E-state index >= 15 is 0 Å². The standard InChI is InChI=1S/C11H14ClNO3S/c1-8(7-12)13-17(15,16)11-5-3-4-10(6-11)9(2)14/h3-6,8,13H,7H2,1-2H3. The number of rotatable bonds is 5. The Labute approximate surface area is 106 Å². The van der Waals surface area contributed by atoms with E-state index in [0.29, 0.717) is 5.56 Å². The van der Waals surface area contributed by atoms with Crippen molar-refractivity contribution in [3.8, 4) is 0 Å². The molecule has 94 valence electrons. The van der Waals surface area contributed by atoms with Crippen LogP contribution in [0.2, 0.25) is 0 Å². The zero-order valence-electron chi connectivity index (χ0n) is 9.60. The first-order valence-corrected chi connectivity index (χ1v) is 7.08. The Morgan fingerprint density at radius 1 is 1.47 bits per heavy atom. The molecule has 0 saturated carbocycles. The van der Waals surface area contributed by atoms with Gasteiger partial charge in [-0.1, -0.05) is 12.1 Å². The molecule has 17 heavy (non-hydrogen) atoms. The first kappa shape index (κ1) is 14.2. The summed E-state index contributed by atoms with van der Waals surface area (Å²) in [4.78, 5) is 11.2. The molecule has 0 aromatic heterocycles. The van der Waals surface area contributed by atoms with E-state index in [9.17, 15) is 13.2 Å². The third-order valence-corrected chi connectivity index (χ3v) is 4.19. The molecule has 1 atom stereocenters. The van der Waals surface area contributed by atoms with Crippen LogP contribution in [0.5, 0.6) is 0 Å². The summed E-state index contributed by atoms with van der Waals surface area (Å²) in [6, 6.07) is 5.55. The Morgan fingerprint density at radius 2 is 2.12 bits per heavy atom. The van der Waals surface area contributed by atoms with Gasteiger partial charge >= 0.3 is 0 Å². The molecule has 6 heteroatoms. The van der Waals surface area contributed by atoms with Crippen LogP contribution in [0.15, 0.2) is 29.2 Å². The van der Waals surface area contributed by atoms with E-state index < -0.39 is 10.0 Å². The number of nitrogens with one attached hydrogen (secondary N) is 1. The highest BCUT2D eigenvalue weighted by molar-refractivity contribution is 7.89. The number of carbonyl (C=O) groups is 1. The van der Waals surface area contributed by atoms with Gasteiger partial charge in [0.25, 0.3) is 0 Å². The van der Waals surface area contributed by atoms with Crippen LogP contribution in [0.25, 0.3) is 0 Å². The fraction of sp³-hybridized carbons (Fsp3) is 0.364. The number of sulfonamides is 1. The molecule has 1 unspecified atom stereocenters. The molecule has 1 rings (SSSR count). The minimum atomic E-state index is -3.61. The second kappa shape index (κ2) is 5.62. The third kappa shape index (κ3) is 3.80. The van der Waals surface area contributed by atoms with Gasteiger partial charge in [0.2, 0.25) is 10.0 Å². The van der Waals surface area contributed by atoms with Crippen molar-refractivity contribution in [2.24, 2.45) is 0 Å². The van der Waals surface area contributed by atoms with Gasteiger partial charge in [0, 0.05) is 17.5 Å². The summed E-state index contributed by atoms with van der Waals surface area (Å²) < 4.78 is 26.2. The second-order valence-electron chi connectivity index (χ2n) is 3.76. The van der Waals surface area contributed by atoms with Crippen LogP contribution in [0.3, 0.4) is 0 Å². The average molecular weight is 276 g/mol. The summed E-state index contributed by atoms with van der Waals surface area (Å²) in [5.74, 6) is 0.0125. The lowest BCUT2D eigenvalue weighted by Gasteiger charge is -2.11. The smallest absolute Gasteiger partial charge is 0.240 e. The molecule has 1 aromatic rings. The van der Waals surface area contributed by atoms with Crippen LogP contribution < -0.4 is 4.72 Å². The van der Waals surface area contributed by atoms with E-state index in [4.69, 9.17) is 11.6 Å². The Balaban J connectivity index is 3.07. The number of halogens is 1. The number of Topliss-reactive ketones (excluding diaryl/α,β-unsaturated/α-hetero) is 1. The highest BCUT2D eigenvalue weighted by atomic mass is 35.5. The lowest BCUT2D eigenvalue weighted by molar-refractivity contribution is 0.101. The summed E-state index contributed by atoms with van der Waals surface area (Å²) in [5.41, 5.74) is 0.367. The van der Waals surface area contributed by atoms with Gasteiger partial charge in [-0.3, -0.25) is 4.79 Å². The summed E-state index contributed by atoms with van der Waals surface area (Å²) in [6.45, 7) is 3.06. The highest BCUT2D eigenvalue weighted by Crippen LogP contribution is 2.12. The minimum absolute atomic E-state index is 0.0715. The maximum Gasteiger partial charge on any atom is 0.240 e. The van der Waals surface area contributed by atoms with Crippen LogP contribution in [0, 0.1) is 0 Å². The van der Waals surface area contributed by atoms with Crippen molar-refractivity contribution < 1.29 is 13.2 Å². The summed E-state index contributed by atoms with van der Waals surface area (Å²) in [5, 5.41) is 0. The van der Waals surface area contributed by atoms with Gasteiger partial charge in [0.1, 0.15) is 0 Å². The number of carbonyl (C=O) groups excluding carboxylic acids is 1. The number of hydrogen-bond acceptors (Lipinski definition) is 3. The molecule has 4 nitrogen and oxygen atoms in total. The topological polar surface area (TPSA) is 63.2 Å². The van der Waals surface area contributed by atoms with Crippen LogP contribution in [-0.2, 0) is 10.0 Å². The van der Waals surface area contributed by atoms with Gasteiger partial charge in [-0.25, -0.2) is 13.1 Å². The zero-order valence-corrected chi connectivity index (χ0v) is 11.2. The predicted octanol–water partition coefficient (Wildman–Crippen LogP) is 1.79. The number of hydrogen-bond donors (Lipinski definition) is 1. The van der Waals surface area contributed by atoms with Gasteiger partial charge in [0.05, 0.1) is 4.90 Å². The van der Waals surface area contributed by atoms with Crippen molar-refractivity contribution in [2.45, 2.75) is 24.8 Å². The quantitative estimate of drug-likeness (QED) is 0.658. The summed E-state index contributed by atoms with van der Waals surface area (Å²) in [7, 11) is -3.61. The molecule has 0 bridgehead atoms. The Morgan fingerprint density at radius 3 is 2.65 bits per heavy atom. The van der Waals surface area contributed by atoms with E-state index in [0.717, 1.165) is 0 Å². The largest absolute Gasteiger partial charge is 0.295 e. The van der Waals surface area contributed by atoms with Crippen LogP contribution in [0.1, 0.15) is 24.2 Å². The monoisotopic (exact) mass is 275 g/mol. The van der Waals surface area contributed by atoms with E-state index in [1.54, 1.807) is 13.0 Å². The van der Waals surface area contributed by atoms with Crippen molar-refractivity contribution in [1.29, 1.82) is 0 Å². The second-order valence-corrected chi connectivity index (χ2v) is 5.78. The van der Waals surface area contributed by atoms with Gasteiger partial charge in [-0.05, 0) is 26.0 Å². The zero-order chi connectivity index (χ0) is 13.1. The summed E-state index contributed by atoms with van der Waals surface area (Å²) in [6.07, 6.45) is 0. The van der Waals surface area contributed by atoms with Crippen molar-refractivity contribution in [3.63, 3.8) is 0 Å². The van der Waals surface area contributed by atoms with E-state index in [1.807, 2.05) is 0 Å². The molecule has 0 heterocycles. The molecular formula is C11H14ClNO3S. The normalized spacial score (nSPS) is 13.4. The first-order chi connectivity index (χ1) is 7.86. The minimum Gasteiger partial charge on any atom is -0.295 e. The number of alkyl halides is 1. The van der Waals surface area contributed by atoms with Crippen molar-refractivity contribution >= 4 is 27.4 Å². The third-order valence-electron chi connectivity index (χ3n) is 2.14. The first-order valence-electron chi connectivity index (χ1n) is 5.06. The van der Waals surface area contributed by atoms with Gasteiger partial charge < -0.3 is 0 Å². The Bertz CT molecular complexity index is 513. The molecule has 0 amide bonds. The molecule has 0 aliphatic rings. The molecule has 1 N–H and O–H groups in total. The van der Waals surface area contributed by atoms with Crippen LogP contribution in [0.4, 0.5) is 0 Å². The van der Waals surface area contributed by atoms with Gasteiger partial charge in [-0.15, -0.1) is 11.6 Å². The van der Waals surface area contributed by atoms with Crippen molar-refractivity contribution in [2.75, 3.05) is 5.88 Å². The molecular weight excluding hydrogens is 262 g/mol. The fourth-order valence-corrected chi connectivity index (χ4v) is 2.70. The van der Waals surface area contributed by atoms with E-state index in [-0.39, 0.29) is 22.6 Å². The molecule has 0 aliphatic heterocycles. The van der Waals surface area contributed by atoms with Crippen LogP contribution in [-0.4, -0.2) is 26.1 Å². The van der Waals surface area contributed by atoms with E-state index in [1.165, 1.54) is 25.1 Å². The maximum absolute atomic E-state index is 11.9. The highest BCUT2D eigenvalue weighted by Gasteiger charge is 2.17. The predicted molar refractivity (Wildman–Crippen MR) is 67.0 cm³/mol.